The van der Waals surface area contributed by atoms with Crippen LogP contribution in [0, 0.1) is 5.21 Å². The standard InChI is InChI=1S/C11H6ClN5O3/c12-6-1-2-8-9(3-6)16-10(15-17(8)20)7(4-14-16)11(19)13-5-18/h1-5H,(H,13,18,19). The van der Waals surface area contributed by atoms with Crippen molar-refractivity contribution in [2.45, 2.75) is 0 Å². The molecule has 0 fully saturated rings. The normalized spacial score (nSPS) is 10.8. The fraction of sp³-hybridized carbons (Fsp3) is 0. The zero-order valence-electron chi connectivity index (χ0n) is 9.78. The zero-order valence-corrected chi connectivity index (χ0v) is 10.5. The molecule has 0 spiro atoms. The van der Waals surface area contributed by atoms with Crippen molar-refractivity contribution in [1.29, 1.82) is 0 Å². The zero-order chi connectivity index (χ0) is 14.3. The predicted molar refractivity (Wildman–Crippen MR) is 68.0 cm³/mol. The van der Waals surface area contributed by atoms with E-state index in [-0.39, 0.29) is 23.1 Å². The van der Waals surface area contributed by atoms with E-state index < -0.39 is 5.91 Å². The van der Waals surface area contributed by atoms with E-state index >= 15 is 0 Å². The van der Waals surface area contributed by atoms with Crippen LogP contribution in [-0.2, 0) is 4.79 Å². The molecule has 2 heterocycles. The van der Waals surface area contributed by atoms with Gasteiger partial charge in [-0.1, -0.05) is 11.6 Å². The van der Waals surface area contributed by atoms with E-state index in [9.17, 15) is 14.8 Å². The lowest BCUT2D eigenvalue weighted by molar-refractivity contribution is -0.640. The molecule has 0 bridgehead atoms. The van der Waals surface area contributed by atoms with Crippen LogP contribution in [0.15, 0.2) is 24.4 Å². The first-order valence-electron chi connectivity index (χ1n) is 5.43. The van der Waals surface area contributed by atoms with E-state index in [1.807, 2.05) is 5.32 Å². The Morgan fingerprint density at radius 1 is 1.50 bits per heavy atom. The van der Waals surface area contributed by atoms with Crippen molar-refractivity contribution in [1.82, 2.24) is 20.0 Å². The number of benzene rings is 1. The summed E-state index contributed by atoms with van der Waals surface area (Å²) in [5, 5.41) is 22.0. The van der Waals surface area contributed by atoms with Crippen LogP contribution in [0.3, 0.4) is 0 Å². The quantitative estimate of drug-likeness (QED) is 0.408. The second kappa shape index (κ2) is 4.42. The highest BCUT2D eigenvalue weighted by atomic mass is 35.5. The van der Waals surface area contributed by atoms with Gasteiger partial charge in [-0.25, -0.2) is 4.52 Å². The van der Waals surface area contributed by atoms with Crippen molar-refractivity contribution in [3.8, 4) is 0 Å². The molecule has 0 unspecified atom stereocenters. The second-order valence-electron chi connectivity index (χ2n) is 3.89. The first kappa shape index (κ1) is 12.3. The number of hydrogen-bond donors (Lipinski definition) is 1. The van der Waals surface area contributed by atoms with Crippen molar-refractivity contribution in [2.75, 3.05) is 0 Å². The molecule has 3 rings (SSSR count). The Hall–Kier alpha value is -2.74. The third kappa shape index (κ3) is 1.74. The molecule has 8 nitrogen and oxygen atoms in total. The number of fused-ring (bicyclic) bond motifs is 3. The van der Waals surface area contributed by atoms with Gasteiger partial charge in [-0.15, -0.1) is 0 Å². The van der Waals surface area contributed by atoms with Crippen LogP contribution in [-0.4, -0.2) is 27.0 Å². The van der Waals surface area contributed by atoms with Crippen LogP contribution in [0.5, 0.6) is 0 Å². The Labute approximate surface area is 116 Å². The van der Waals surface area contributed by atoms with Gasteiger partial charge >= 0.3 is 0 Å². The van der Waals surface area contributed by atoms with Crippen LogP contribution >= 0.6 is 11.6 Å². The molecule has 0 atom stereocenters. The third-order valence-corrected chi connectivity index (χ3v) is 2.97. The van der Waals surface area contributed by atoms with Gasteiger partial charge in [0.05, 0.1) is 6.20 Å². The fourth-order valence-electron chi connectivity index (χ4n) is 1.87. The number of aromatic nitrogens is 4. The molecule has 0 aliphatic heterocycles. The summed E-state index contributed by atoms with van der Waals surface area (Å²) in [7, 11) is 0. The number of amides is 2. The molecule has 0 radical (unpaired) electrons. The molecule has 0 aliphatic carbocycles. The molecule has 0 saturated heterocycles. The van der Waals surface area contributed by atoms with Crippen molar-refractivity contribution >= 4 is 40.6 Å². The molecule has 20 heavy (non-hydrogen) atoms. The molecule has 3 aromatic rings. The lowest BCUT2D eigenvalue weighted by Gasteiger charge is -2.02. The average Bonchev–Trinajstić information content (AvgIpc) is 2.82. The highest BCUT2D eigenvalue weighted by Gasteiger charge is 2.20. The minimum absolute atomic E-state index is 0.0172. The fourth-order valence-corrected chi connectivity index (χ4v) is 2.04. The molecule has 2 amide bonds. The summed E-state index contributed by atoms with van der Waals surface area (Å²) in [4.78, 5) is 22.3. The van der Waals surface area contributed by atoms with E-state index in [1.165, 1.54) is 22.8 Å². The maximum absolute atomic E-state index is 11.9. The van der Waals surface area contributed by atoms with Gasteiger partial charge in [0, 0.05) is 16.2 Å². The molecule has 0 saturated carbocycles. The van der Waals surface area contributed by atoms with Gasteiger partial charge in [0.1, 0.15) is 11.1 Å². The number of hydrogen-bond acceptors (Lipinski definition) is 5. The first-order chi connectivity index (χ1) is 9.61. The Morgan fingerprint density at radius 3 is 3.05 bits per heavy atom. The maximum Gasteiger partial charge on any atom is 0.270 e. The van der Waals surface area contributed by atoms with Crippen LogP contribution in [0.4, 0.5) is 0 Å². The molecule has 1 N–H and O–H groups in total. The molecule has 2 aromatic heterocycles. The van der Waals surface area contributed by atoms with Crippen molar-refractivity contribution in [3.05, 3.63) is 40.2 Å². The Bertz CT molecular complexity index is 860. The molecular formula is C11H6ClN5O3. The van der Waals surface area contributed by atoms with Crippen molar-refractivity contribution in [3.63, 3.8) is 0 Å². The van der Waals surface area contributed by atoms with E-state index in [0.29, 0.717) is 15.4 Å². The second-order valence-corrected chi connectivity index (χ2v) is 4.33. The Kier molecular flexibility index (Phi) is 2.72. The largest absolute Gasteiger partial charge is 0.594 e. The number of halogens is 1. The number of nitrogens with zero attached hydrogens (tertiary/aromatic N) is 4. The van der Waals surface area contributed by atoms with Gasteiger partial charge < -0.3 is 5.21 Å². The number of imide groups is 1. The van der Waals surface area contributed by atoms with Crippen molar-refractivity contribution in [2.24, 2.45) is 0 Å². The molecule has 9 heteroatoms. The average molecular weight is 292 g/mol. The van der Waals surface area contributed by atoms with Gasteiger partial charge in [-0.3, -0.25) is 14.9 Å². The van der Waals surface area contributed by atoms with E-state index in [1.54, 1.807) is 6.07 Å². The molecule has 0 aliphatic rings. The topological polar surface area (TPSA) is 103 Å². The number of rotatable bonds is 2. The lowest BCUT2D eigenvalue weighted by Crippen LogP contribution is -2.33. The Balaban J connectivity index is 2.37. The van der Waals surface area contributed by atoms with Crippen LogP contribution in [0.1, 0.15) is 10.4 Å². The predicted octanol–water partition coefficient (Wildman–Crippen LogP) is 0.0555. The minimum atomic E-state index is -0.691. The maximum atomic E-state index is 11.9. The summed E-state index contributed by atoms with van der Waals surface area (Å²) in [5.41, 5.74) is 0.715. The lowest BCUT2D eigenvalue weighted by atomic mass is 10.3. The van der Waals surface area contributed by atoms with Gasteiger partial charge in [0.25, 0.3) is 11.4 Å². The minimum Gasteiger partial charge on any atom is -0.594 e. The molecular weight excluding hydrogens is 286 g/mol. The SMILES string of the molecule is O=CNC(=O)c1cnn2c1n[n+]([O-])c1ccc(Cl)cc12. The van der Waals surface area contributed by atoms with Crippen LogP contribution in [0.2, 0.25) is 5.02 Å². The van der Waals surface area contributed by atoms with E-state index in [0.717, 1.165) is 0 Å². The summed E-state index contributed by atoms with van der Waals surface area (Å²) >= 11 is 5.89. The third-order valence-electron chi connectivity index (χ3n) is 2.74. The van der Waals surface area contributed by atoms with Crippen LogP contribution in [0.25, 0.3) is 16.7 Å². The Morgan fingerprint density at radius 2 is 2.30 bits per heavy atom. The highest BCUT2D eigenvalue weighted by molar-refractivity contribution is 6.31. The summed E-state index contributed by atoms with van der Waals surface area (Å²) in [6.07, 6.45) is 1.47. The van der Waals surface area contributed by atoms with Crippen molar-refractivity contribution < 1.29 is 14.4 Å². The summed E-state index contributed by atoms with van der Waals surface area (Å²) in [6.45, 7) is 0. The van der Waals surface area contributed by atoms with Gasteiger partial charge in [0.2, 0.25) is 12.1 Å². The van der Waals surface area contributed by atoms with Gasteiger partial charge in [0.15, 0.2) is 0 Å². The first-order valence-corrected chi connectivity index (χ1v) is 5.81. The molecule has 100 valence electrons. The highest BCUT2D eigenvalue weighted by Crippen LogP contribution is 2.18. The van der Waals surface area contributed by atoms with Crippen LogP contribution < -0.4 is 10.2 Å². The van der Waals surface area contributed by atoms with E-state index in [4.69, 9.17) is 11.6 Å². The summed E-state index contributed by atoms with van der Waals surface area (Å²) in [6, 6.07) is 4.59. The number of nitrogens with one attached hydrogen (secondary N) is 1. The molecule has 1 aromatic carbocycles. The smallest absolute Gasteiger partial charge is 0.270 e. The summed E-state index contributed by atoms with van der Waals surface area (Å²) in [5.74, 6) is -0.691. The number of carbonyl (C=O) groups is 2. The monoisotopic (exact) mass is 291 g/mol. The summed E-state index contributed by atoms with van der Waals surface area (Å²) < 4.78 is 1.31. The van der Waals surface area contributed by atoms with Gasteiger partial charge in [-0.05, 0) is 17.0 Å². The number of carbonyl (C=O) groups excluding carboxylic acids is 2. The van der Waals surface area contributed by atoms with Gasteiger partial charge in [-0.2, -0.15) is 5.10 Å². The van der Waals surface area contributed by atoms with E-state index in [2.05, 4.69) is 10.2 Å².